The molecular formula is C22H27N5O2. The zero-order valence-electron chi connectivity index (χ0n) is 16.7. The quantitative estimate of drug-likeness (QED) is 0.815. The molecule has 1 fully saturated rings. The van der Waals surface area contributed by atoms with Crippen molar-refractivity contribution >= 4 is 5.71 Å². The van der Waals surface area contributed by atoms with E-state index in [-0.39, 0.29) is 5.56 Å². The van der Waals surface area contributed by atoms with E-state index in [1.165, 1.54) is 12.8 Å². The van der Waals surface area contributed by atoms with Gasteiger partial charge >= 0.3 is 0 Å². The van der Waals surface area contributed by atoms with Gasteiger partial charge in [0.05, 0.1) is 23.6 Å². The lowest BCUT2D eigenvalue weighted by molar-refractivity contribution is 0.230. The lowest BCUT2D eigenvalue weighted by Gasteiger charge is -2.28. The van der Waals surface area contributed by atoms with Gasteiger partial charge in [0.25, 0.3) is 5.56 Å². The highest BCUT2D eigenvalue weighted by Crippen LogP contribution is 2.30. The number of rotatable bonds is 6. The van der Waals surface area contributed by atoms with Gasteiger partial charge in [-0.3, -0.25) is 14.7 Å². The summed E-state index contributed by atoms with van der Waals surface area (Å²) in [5.41, 5.74) is 3.70. The molecule has 1 aliphatic carbocycles. The van der Waals surface area contributed by atoms with Crippen LogP contribution in [0.1, 0.15) is 54.7 Å². The number of H-pyrrole nitrogens is 1. The Kier molecular flexibility index (Phi) is 5.14. The van der Waals surface area contributed by atoms with E-state index in [1.807, 2.05) is 6.07 Å². The average Bonchev–Trinajstić information content (AvgIpc) is 3.59. The van der Waals surface area contributed by atoms with Crippen LogP contribution in [0.5, 0.6) is 5.88 Å². The molecule has 4 heterocycles. The first-order chi connectivity index (χ1) is 14.3. The molecule has 0 unspecified atom stereocenters. The number of ether oxygens (including phenoxy) is 1. The molecule has 7 heteroatoms. The number of nitrogens with one attached hydrogen (secondary N) is 1. The normalized spacial score (nSPS) is 19.5. The van der Waals surface area contributed by atoms with Gasteiger partial charge in [0, 0.05) is 44.4 Å². The van der Waals surface area contributed by atoms with E-state index < -0.39 is 0 Å². The topological polar surface area (TPSA) is 83.5 Å². The van der Waals surface area contributed by atoms with Crippen LogP contribution in [-0.4, -0.2) is 45.3 Å². The molecule has 0 bridgehead atoms. The Morgan fingerprint density at radius 1 is 1.24 bits per heavy atom. The fourth-order valence-corrected chi connectivity index (χ4v) is 4.04. The second-order valence-corrected chi connectivity index (χ2v) is 8.31. The van der Waals surface area contributed by atoms with Crippen molar-refractivity contribution in [3.05, 3.63) is 51.3 Å². The zero-order valence-corrected chi connectivity index (χ0v) is 16.7. The summed E-state index contributed by atoms with van der Waals surface area (Å²) < 4.78 is 5.95. The minimum Gasteiger partial charge on any atom is -0.477 e. The van der Waals surface area contributed by atoms with Gasteiger partial charge in [0.2, 0.25) is 5.88 Å². The number of hydrogen-bond acceptors (Lipinski definition) is 6. The van der Waals surface area contributed by atoms with Gasteiger partial charge in [-0.15, -0.1) is 0 Å². The number of fused-ring (bicyclic) bond motifs is 1. The fourth-order valence-electron chi connectivity index (χ4n) is 4.04. The van der Waals surface area contributed by atoms with Crippen molar-refractivity contribution in [3.63, 3.8) is 0 Å². The summed E-state index contributed by atoms with van der Waals surface area (Å²) in [6.45, 7) is 3.78. The van der Waals surface area contributed by atoms with Crippen molar-refractivity contribution in [2.75, 3.05) is 19.7 Å². The SMILES string of the molecule is O=c1[nH]c(C2=NCCCC2)nc2c1CN(Cc1cccnc1OCC1CC1)CC2. The Morgan fingerprint density at radius 3 is 3.00 bits per heavy atom. The third-order valence-corrected chi connectivity index (χ3v) is 5.94. The van der Waals surface area contributed by atoms with Crippen molar-refractivity contribution in [1.82, 2.24) is 19.9 Å². The molecule has 2 aliphatic heterocycles. The third kappa shape index (κ3) is 4.24. The summed E-state index contributed by atoms with van der Waals surface area (Å²) in [7, 11) is 0. The Balaban J connectivity index is 1.31. The summed E-state index contributed by atoms with van der Waals surface area (Å²) in [6.07, 6.45) is 8.21. The molecule has 0 spiro atoms. The number of nitrogens with zero attached hydrogens (tertiary/aromatic N) is 4. The van der Waals surface area contributed by atoms with Crippen LogP contribution in [0, 0.1) is 5.92 Å². The molecule has 1 N–H and O–H groups in total. The monoisotopic (exact) mass is 393 g/mol. The van der Waals surface area contributed by atoms with Crippen molar-refractivity contribution < 1.29 is 4.74 Å². The standard InChI is InChI=1S/C22H27N5O2/c28-21-17-13-27(12-16-4-3-10-24-22(16)29-14-15-6-7-15)11-8-18(17)25-20(26-21)19-5-1-2-9-23-19/h3-4,10,15H,1-2,5-9,11-14H2,(H,25,26,28). The van der Waals surface area contributed by atoms with Gasteiger partial charge in [-0.1, -0.05) is 6.07 Å². The van der Waals surface area contributed by atoms with E-state index in [0.29, 0.717) is 18.3 Å². The lowest BCUT2D eigenvalue weighted by Crippen LogP contribution is -2.36. The maximum Gasteiger partial charge on any atom is 0.255 e. The van der Waals surface area contributed by atoms with Crippen LogP contribution < -0.4 is 10.3 Å². The molecule has 0 amide bonds. The van der Waals surface area contributed by atoms with Crippen LogP contribution in [0.3, 0.4) is 0 Å². The van der Waals surface area contributed by atoms with Crippen LogP contribution in [0.4, 0.5) is 0 Å². The second kappa shape index (κ2) is 8.06. The van der Waals surface area contributed by atoms with Gasteiger partial charge in [-0.2, -0.15) is 0 Å². The predicted molar refractivity (Wildman–Crippen MR) is 110 cm³/mol. The summed E-state index contributed by atoms with van der Waals surface area (Å²) in [5, 5.41) is 0. The number of aromatic nitrogens is 3. The zero-order chi connectivity index (χ0) is 19.6. The number of pyridine rings is 1. The van der Waals surface area contributed by atoms with Crippen LogP contribution >= 0.6 is 0 Å². The highest BCUT2D eigenvalue weighted by Gasteiger charge is 2.25. The van der Waals surface area contributed by atoms with E-state index in [9.17, 15) is 4.79 Å². The van der Waals surface area contributed by atoms with Crippen LogP contribution in [-0.2, 0) is 19.5 Å². The van der Waals surface area contributed by atoms with E-state index in [4.69, 9.17) is 9.72 Å². The van der Waals surface area contributed by atoms with Gasteiger partial charge in [0.1, 0.15) is 0 Å². The summed E-state index contributed by atoms with van der Waals surface area (Å²) in [6, 6.07) is 4.01. The van der Waals surface area contributed by atoms with E-state index >= 15 is 0 Å². The Hall–Kier alpha value is -2.54. The molecule has 3 aliphatic rings. The Morgan fingerprint density at radius 2 is 2.17 bits per heavy atom. The molecule has 0 saturated heterocycles. The molecule has 2 aromatic heterocycles. The molecule has 152 valence electrons. The summed E-state index contributed by atoms with van der Waals surface area (Å²) in [5.74, 6) is 2.09. The smallest absolute Gasteiger partial charge is 0.255 e. The van der Waals surface area contributed by atoms with E-state index in [2.05, 4.69) is 25.9 Å². The summed E-state index contributed by atoms with van der Waals surface area (Å²) in [4.78, 5) is 31.8. The van der Waals surface area contributed by atoms with Gasteiger partial charge in [0.15, 0.2) is 5.82 Å². The fraction of sp³-hybridized carbons (Fsp3) is 0.545. The van der Waals surface area contributed by atoms with Crippen molar-refractivity contribution in [2.24, 2.45) is 10.9 Å². The molecular weight excluding hydrogens is 366 g/mol. The van der Waals surface area contributed by atoms with Gasteiger partial charge in [-0.25, -0.2) is 9.97 Å². The minimum absolute atomic E-state index is 0.0284. The van der Waals surface area contributed by atoms with Crippen molar-refractivity contribution in [2.45, 2.75) is 51.6 Å². The maximum atomic E-state index is 12.8. The molecule has 5 rings (SSSR count). The molecule has 0 radical (unpaired) electrons. The Bertz CT molecular complexity index is 979. The summed E-state index contributed by atoms with van der Waals surface area (Å²) >= 11 is 0. The van der Waals surface area contributed by atoms with Crippen molar-refractivity contribution in [1.29, 1.82) is 0 Å². The first-order valence-electron chi connectivity index (χ1n) is 10.7. The molecule has 1 saturated carbocycles. The van der Waals surface area contributed by atoms with E-state index in [0.717, 1.165) is 80.3 Å². The highest BCUT2D eigenvalue weighted by atomic mass is 16.5. The molecule has 0 atom stereocenters. The number of hydrogen-bond donors (Lipinski definition) is 1. The molecule has 7 nitrogen and oxygen atoms in total. The van der Waals surface area contributed by atoms with Crippen molar-refractivity contribution in [3.8, 4) is 5.88 Å². The number of aromatic amines is 1. The molecule has 29 heavy (non-hydrogen) atoms. The highest BCUT2D eigenvalue weighted by molar-refractivity contribution is 5.97. The Labute approximate surface area is 170 Å². The number of aliphatic imine (C=N–C) groups is 1. The molecule has 0 aromatic carbocycles. The first-order valence-corrected chi connectivity index (χ1v) is 10.7. The second-order valence-electron chi connectivity index (χ2n) is 8.31. The van der Waals surface area contributed by atoms with Crippen LogP contribution in [0.25, 0.3) is 0 Å². The maximum absolute atomic E-state index is 12.8. The van der Waals surface area contributed by atoms with E-state index in [1.54, 1.807) is 6.20 Å². The predicted octanol–water partition coefficient (Wildman–Crippen LogP) is 2.49. The largest absolute Gasteiger partial charge is 0.477 e. The molecule has 2 aromatic rings. The third-order valence-electron chi connectivity index (χ3n) is 5.94. The van der Waals surface area contributed by atoms with Crippen LogP contribution in [0.15, 0.2) is 28.1 Å². The van der Waals surface area contributed by atoms with Crippen LogP contribution in [0.2, 0.25) is 0 Å². The van der Waals surface area contributed by atoms with Gasteiger partial charge < -0.3 is 9.72 Å². The lowest BCUT2D eigenvalue weighted by atomic mass is 10.0. The first kappa shape index (κ1) is 18.5. The van der Waals surface area contributed by atoms with Gasteiger partial charge in [-0.05, 0) is 44.1 Å². The average molecular weight is 393 g/mol. The minimum atomic E-state index is -0.0284.